The van der Waals surface area contributed by atoms with Gasteiger partial charge in [-0.05, 0) is 32.7 Å². The second-order valence-corrected chi connectivity index (χ2v) is 10.1. The van der Waals surface area contributed by atoms with Gasteiger partial charge in [0.1, 0.15) is 0 Å². The first-order valence-corrected chi connectivity index (χ1v) is 9.03. The lowest BCUT2D eigenvalue weighted by Crippen LogP contribution is -2.29. The first-order chi connectivity index (χ1) is 6.83. The van der Waals surface area contributed by atoms with Crippen LogP contribution >= 0.6 is 0 Å². The van der Waals surface area contributed by atoms with E-state index in [2.05, 4.69) is 53.4 Å². The van der Waals surface area contributed by atoms with E-state index in [1.54, 1.807) is 21.9 Å². The van der Waals surface area contributed by atoms with E-state index in [0.29, 0.717) is 5.92 Å². The Bertz CT molecular complexity index is 342. The Kier molecular flexibility index (Phi) is 3.44. The molecule has 1 aliphatic rings. The molecule has 0 aromatic heterocycles. The zero-order valence-corrected chi connectivity index (χ0v) is 12.1. The van der Waals surface area contributed by atoms with Crippen molar-refractivity contribution in [2.45, 2.75) is 46.8 Å². The molecule has 1 aliphatic carbocycles. The highest BCUT2D eigenvalue weighted by molar-refractivity contribution is 6.85. The van der Waals surface area contributed by atoms with E-state index in [1.807, 2.05) is 0 Å². The van der Waals surface area contributed by atoms with Gasteiger partial charge in [0.05, 0.1) is 8.07 Å². The molecule has 0 nitrogen and oxygen atoms in total. The average Bonchev–Trinajstić information content (AvgIpc) is 2.31. The standard InChI is InChI=1S/C14H24Si/c1-8-9-15(6,7)14-12(4)10(2)11(3)13(14)5/h8,10H,1,9H2,2-7H3. The fourth-order valence-electron chi connectivity index (χ4n) is 2.86. The van der Waals surface area contributed by atoms with Gasteiger partial charge in [-0.3, -0.25) is 0 Å². The van der Waals surface area contributed by atoms with Crippen molar-refractivity contribution < 1.29 is 0 Å². The third-order valence-electron chi connectivity index (χ3n) is 3.99. The lowest BCUT2D eigenvalue weighted by molar-refractivity contribution is 0.816. The summed E-state index contributed by atoms with van der Waals surface area (Å²) >= 11 is 0. The molecule has 0 spiro atoms. The average molecular weight is 220 g/mol. The Morgan fingerprint density at radius 3 is 2.07 bits per heavy atom. The molecule has 0 aliphatic heterocycles. The molecule has 0 amide bonds. The molecule has 1 rings (SSSR count). The van der Waals surface area contributed by atoms with Gasteiger partial charge in [0.2, 0.25) is 0 Å². The zero-order valence-electron chi connectivity index (χ0n) is 11.1. The molecule has 0 bridgehead atoms. The highest BCUT2D eigenvalue weighted by atomic mass is 28.3. The number of hydrogen-bond acceptors (Lipinski definition) is 0. The third kappa shape index (κ3) is 2.03. The maximum atomic E-state index is 3.90. The summed E-state index contributed by atoms with van der Waals surface area (Å²) in [5, 5.41) is 1.70. The fraction of sp³-hybridized carbons (Fsp3) is 0.571. The lowest BCUT2D eigenvalue weighted by atomic mass is 10.0. The predicted molar refractivity (Wildman–Crippen MR) is 72.7 cm³/mol. The molecule has 15 heavy (non-hydrogen) atoms. The monoisotopic (exact) mass is 220 g/mol. The maximum Gasteiger partial charge on any atom is 0.0846 e. The van der Waals surface area contributed by atoms with Crippen LogP contribution in [0.2, 0.25) is 19.1 Å². The lowest BCUT2D eigenvalue weighted by Gasteiger charge is -2.25. The Balaban J connectivity index is 3.20. The first kappa shape index (κ1) is 12.5. The van der Waals surface area contributed by atoms with Gasteiger partial charge in [0.15, 0.2) is 0 Å². The normalized spacial score (nSPS) is 22.7. The van der Waals surface area contributed by atoms with E-state index in [9.17, 15) is 0 Å². The fourth-order valence-corrected chi connectivity index (χ4v) is 6.29. The minimum absolute atomic E-state index is 0.664. The molecule has 1 unspecified atom stereocenters. The molecule has 0 aromatic carbocycles. The van der Waals surface area contributed by atoms with Crippen LogP contribution in [-0.2, 0) is 0 Å². The molecule has 0 heterocycles. The van der Waals surface area contributed by atoms with E-state index < -0.39 is 8.07 Å². The minimum atomic E-state index is -1.28. The van der Waals surface area contributed by atoms with Crippen molar-refractivity contribution in [3.63, 3.8) is 0 Å². The van der Waals surface area contributed by atoms with Gasteiger partial charge in [-0.25, -0.2) is 0 Å². The van der Waals surface area contributed by atoms with Crippen molar-refractivity contribution >= 4 is 8.07 Å². The van der Waals surface area contributed by atoms with Crippen molar-refractivity contribution in [2.24, 2.45) is 5.92 Å². The number of rotatable bonds is 3. The van der Waals surface area contributed by atoms with Crippen LogP contribution in [-0.4, -0.2) is 8.07 Å². The van der Waals surface area contributed by atoms with Crippen LogP contribution in [0, 0.1) is 5.92 Å². The second-order valence-electron chi connectivity index (χ2n) is 5.46. The summed E-state index contributed by atoms with van der Waals surface area (Å²) in [4.78, 5) is 0. The number of hydrogen-bond donors (Lipinski definition) is 0. The molecule has 0 saturated carbocycles. The van der Waals surface area contributed by atoms with Crippen LogP contribution in [0.3, 0.4) is 0 Å². The van der Waals surface area contributed by atoms with Gasteiger partial charge in [-0.2, -0.15) is 0 Å². The SMILES string of the molecule is C=CC[Si](C)(C)C1=C(C)C(C)C(C)=C1C. The highest BCUT2D eigenvalue weighted by Crippen LogP contribution is 2.42. The topological polar surface area (TPSA) is 0 Å². The van der Waals surface area contributed by atoms with Gasteiger partial charge >= 0.3 is 0 Å². The van der Waals surface area contributed by atoms with Gasteiger partial charge in [-0.15, -0.1) is 6.58 Å². The number of allylic oxidation sites excluding steroid dienone is 5. The summed E-state index contributed by atoms with van der Waals surface area (Å²) in [7, 11) is -1.28. The Hall–Kier alpha value is -0.563. The van der Waals surface area contributed by atoms with Crippen molar-refractivity contribution in [3.8, 4) is 0 Å². The van der Waals surface area contributed by atoms with Gasteiger partial charge in [-0.1, -0.05) is 48.0 Å². The van der Waals surface area contributed by atoms with E-state index in [-0.39, 0.29) is 0 Å². The molecule has 1 heteroatoms. The third-order valence-corrected chi connectivity index (χ3v) is 7.42. The maximum absolute atomic E-state index is 3.90. The quantitative estimate of drug-likeness (QED) is 0.477. The summed E-state index contributed by atoms with van der Waals surface area (Å²) in [5.74, 6) is 0.664. The summed E-state index contributed by atoms with van der Waals surface area (Å²) in [5.41, 5.74) is 4.76. The molecule has 0 N–H and O–H groups in total. The Labute approximate surface area is 95.8 Å². The molecular weight excluding hydrogens is 196 g/mol. The van der Waals surface area contributed by atoms with Crippen LogP contribution in [0.1, 0.15) is 27.7 Å². The summed E-state index contributed by atoms with van der Waals surface area (Å²) in [6, 6.07) is 1.19. The summed E-state index contributed by atoms with van der Waals surface area (Å²) in [6.07, 6.45) is 2.10. The molecule has 0 aromatic rings. The van der Waals surface area contributed by atoms with E-state index in [4.69, 9.17) is 0 Å². The smallest absolute Gasteiger partial charge is 0.0846 e. The minimum Gasteiger partial charge on any atom is -0.103 e. The summed E-state index contributed by atoms with van der Waals surface area (Å²) < 4.78 is 0. The van der Waals surface area contributed by atoms with Crippen molar-refractivity contribution in [1.29, 1.82) is 0 Å². The molecule has 1 atom stereocenters. The molecule has 0 saturated heterocycles. The summed E-state index contributed by atoms with van der Waals surface area (Å²) in [6.45, 7) is 18.1. The Morgan fingerprint density at radius 1 is 1.20 bits per heavy atom. The van der Waals surface area contributed by atoms with Crippen LogP contribution in [0.5, 0.6) is 0 Å². The van der Waals surface area contributed by atoms with Gasteiger partial charge in [0.25, 0.3) is 0 Å². The van der Waals surface area contributed by atoms with E-state index >= 15 is 0 Å². The van der Waals surface area contributed by atoms with Crippen molar-refractivity contribution in [3.05, 3.63) is 34.6 Å². The van der Waals surface area contributed by atoms with Gasteiger partial charge in [0, 0.05) is 0 Å². The molecule has 0 fully saturated rings. The van der Waals surface area contributed by atoms with Crippen molar-refractivity contribution in [2.75, 3.05) is 0 Å². The Morgan fingerprint density at radius 2 is 1.73 bits per heavy atom. The molecule has 0 radical (unpaired) electrons. The second kappa shape index (κ2) is 4.13. The largest absolute Gasteiger partial charge is 0.103 e. The zero-order chi connectivity index (χ0) is 11.8. The van der Waals surface area contributed by atoms with E-state index in [0.717, 1.165) is 0 Å². The van der Waals surface area contributed by atoms with Crippen LogP contribution in [0.15, 0.2) is 34.6 Å². The van der Waals surface area contributed by atoms with Gasteiger partial charge < -0.3 is 0 Å². The highest BCUT2D eigenvalue weighted by Gasteiger charge is 2.33. The first-order valence-electron chi connectivity index (χ1n) is 5.82. The molecule has 84 valence electrons. The van der Waals surface area contributed by atoms with E-state index in [1.165, 1.54) is 6.04 Å². The van der Waals surface area contributed by atoms with Crippen LogP contribution < -0.4 is 0 Å². The van der Waals surface area contributed by atoms with Crippen molar-refractivity contribution in [1.82, 2.24) is 0 Å². The molecular formula is C14H24Si. The predicted octanol–water partition coefficient (Wildman–Crippen LogP) is 4.72. The van der Waals surface area contributed by atoms with Crippen LogP contribution in [0.25, 0.3) is 0 Å². The van der Waals surface area contributed by atoms with Crippen LogP contribution in [0.4, 0.5) is 0 Å².